The maximum Gasteiger partial charge on any atom is 0.281 e. The van der Waals surface area contributed by atoms with Crippen molar-refractivity contribution < 1.29 is 14.0 Å². The lowest BCUT2D eigenvalue weighted by molar-refractivity contribution is 0.0942. The number of carbonyl (C=O) groups is 2. The van der Waals surface area contributed by atoms with E-state index in [-0.39, 0.29) is 11.6 Å². The number of anilines is 1. The Morgan fingerprint density at radius 2 is 2.09 bits per heavy atom. The van der Waals surface area contributed by atoms with Gasteiger partial charge in [0, 0.05) is 12.4 Å². The van der Waals surface area contributed by atoms with Crippen LogP contribution >= 0.6 is 0 Å². The summed E-state index contributed by atoms with van der Waals surface area (Å²) in [5, 5.41) is 6.68. The molecular formula is C16H14N4O3. The molecule has 1 N–H and O–H groups in total. The molecule has 0 bridgehead atoms. The Morgan fingerprint density at radius 3 is 2.74 bits per heavy atom. The largest absolute Gasteiger partial charge is 0.466 e. The third-order valence-electron chi connectivity index (χ3n) is 3.22. The Kier molecular flexibility index (Phi) is 3.76. The number of carbonyl (C=O) groups excluding carboxylic acids is 2. The van der Waals surface area contributed by atoms with Crippen molar-refractivity contribution >= 4 is 17.5 Å². The highest BCUT2D eigenvalue weighted by Gasteiger charge is 2.18. The van der Waals surface area contributed by atoms with Crippen molar-refractivity contribution in [3.8, 4) is 0 Å². The van der Waals surface area contributed by atoms with Crippen molar-refractivity contribution in [1.29, 1.82) is 0 Å². The highest BCUT2D eigenvalue weighted by Crippen LogP contribution is 2.15. The van der Waals surface area contributed by atoms with Crippen molar-refractivity contribution in [2.75, 3.05) is 5.32 Å². The van der Waals surface area contributed by atoms with Crippen LogP contribution in [0.15, 0.2) is 47.3 Å². The fraction of sp³-hybridized carbons (Fsp3) is 0.125. The summed E-state index contributed by atoms with van der Waals surface area (Å²) >= 11 is 0. The Morgan fingerprint density at radius 1 is 1.26 bits per heavy atom. The monoisotopic (exact) mass is 310 g/mol. The highest BCUT2D eigenvalue weighted by atomic mass is 16.3. The molecule has 7 nitrogen and oxygen atoms in total. The van der Waals surface area contributed by atoms with Crippen molar-refractivity contribution in [3.05, 3.63) is 65.6 Å². The van der Waals surface area contributed by atoms with Gasteiger partial charge in [0.2, 0.25) is 0 Å². The van der Waals surface area contributed by atoms with Crippen LogP contribution in [0.2, 0.25) is 0 Å². The van der Waals surface area contributed by atoms with Crippen molar-refractivity contribution in [2.45, 2.75) is 13.8 Å². The van der Waals surface area contributed by atoms with E-state index in [2.05, 4.69) is 15.4 Å². The van der Waals surface area contributed by atoms with Crippen molar-refractivity contribution in [2.24, 2.45) is 0 Å². The summed E-state index contributed by atoms with van der Waals surface area (Å²) in [7, 11) is 0. The zero-order valence-corrected chi connectivity index (χ0v) is 12.6. The number of nitrogens with one attached hydrogen (secondary N) is 1. The van der Waals surface area contributed by atoms with Gasteiger partial charge in [-0.2, -0.15) is 5.10 Å². The van der Waals surface area contributed by atoms with E-state index in [9.17, 15) is 9.59 Å². The van der Waals surface area contributed by atoms with Gasteiger partial charge in [-0.1, -0.05) is 0 Å². The van der Waals surface area contributed by atoms with E-state index >= 15 is 0 Å². The molecule has 23 heavy (non-hydrogen) atoms. The standard InChI is InChI=1S/C16H14N4O3/c1-10-8-13(11(2)23-10)16(22)20-7-5-14(19-20)15(21)18-12-4-3-6-17-9-12/h3-9H,1-2H3,(H,18,21). The third-order valence-corrected chi connectivity index (χ3v) is 3.22. The molecule has 3 rings (SSSR count). The van der Waals surface area contributed by atoms with E-state index in [0.29, 0.717) is 22.8 Å². The SMILES string of the molecule is Cc1cc(C(=O)n2ccc(C(=O)Nc3cccnc3)n2)c(C)o1. The van der Waals surface area contributed by atoms with Gasteiger partial charge < -0.3 is 9.73 Å². The minimum atomic E-state index is -0.412. The summed E-state index contributed by atoms with van der Waals surface area (Å²) in [6.07, 6.45) is 4.58. The van der Waals surface area contributed by atoms with Gasteiger partial charge in [0.1, 0.15) is 11.5 Å². The van der Waals surface area contributed by atoms with Gasteiger partial charge in [0.25, 0.3) is 11.8 Å². The topological polar surface area (TPSA) is 90.0 Å². The van der Waals surface area contributed by atoms with Crippen LogP contribution in [0.5, 0.6) is 0 Å². The number of hydrogen-bond donors (Lipinski definition) is 1. The van der Waals surface area contributed by atoms with Crippen LogP contribution in [0, 0.1) is 13.8 Å². The summed E-state index contributed by atoms with van der Waals surface area (Å²) < 4.78 is 6.46. The van der Waals surface area contributed by atoms with Gasteiger partial charge in [-0.25, -0.2) is 4.68 Å². The first-order valence-electron chi connectivity index (χ1n) is 6.93. The predicted molar refractivity (Wildman–Crippen MR) is 82.3 cm³/mol. The molecule has 0 aliphatic carbocycles. The fourth-order valence-corrected chi connectivity index (χ4v) is 2.16. The van der Waals surface area contributed by atoms with Crippen LogP contribution in [0.1, 0.15) is 32.4 Å². The second kappa shape index (κ2) is 5.88. The first kappa shape index (κ1) is 14.7. The summed E-state index contributed by atoms with van der Waals surface area (Å²) in [6, 6.07) is 6.55. The zero-order chi connectivity index (χ0) is 16.4. The Balaban J connectivity index is 1.79. The van der Waals surface area contributed by atoms with Crippen LogP contribution in [-0.2, 0) is 0 Å². The molecule has 3 aromatic rings. The summed E-state index contributed by atoms with van der Waals surface area (Å²) in [6.45, 7) is 3.47. The van der Waals surface area contributed by atoms with Gasteiger partial charge in [-0.3, -0.25) is 14.6 Å². The van der Waals surface area contributed by atoms with E-state index < -0.39 is 5.91 Å². The molecule has 7 heteroatoms. The van der Waals surface area contributed by atoms with E-state index in [1.54, 1.807) is 38.2 Å². The molecule has 0 aliphatic heterocycles. The number of rotatable bonds is 3. The van der Waals surface area contributed by atoms with E-state index in [1.165, 1.54) is 18.5 Å². The number of aromatic nitrogens is 3. The molecule has 0 aliphatic rings. The van der Waals surface area contributed by atoms with Gasteiger partial charge in [0.15, 0.2) is 5.69 Å². The molecular weight excluding hydrogens is 296 g/mol. The first-order valence-corrected chi connectivity index (χ1v) is 6.93. The van der Waals surface area contributed by atoms with Crippen LogP contribution in [0.4, 0.5) is 5.69 Å². The molecule has 0 atom stereocenters. The number of hydrogen-bond acceptors (Lipinski definition) is 5. The summed E-state index contributed by atoms with van der Waals surface area (Å²) in [4.78, 5) is 28.4. The van der Waals surface area contributed by atoms with E-state index in [1.807, 2.05) is 0 Å². The van der Waals surface area contributed by atoms with E-state index in [4.69, 9.17) is 4.42 Å². The second-order valence-electron chi connectivity index (χ2n) is 4.97. The summed E-state index contributed by atoms with van der Waals surface area (Å²) in [5.74, 6) is 0.404. The molecule has 0 aromatic carbocycles. The van der Waals surface area contributed by atoms with Crippen molar-refractivity contribution in [3.63, 3.8) is 0 Å². The van der Waals surface area contributed by atoms with Crippen LogP contribution in [0.3, 0.4) is 0 Å². The second-order valence-corrected chi connectivity index (χ2v) is 4.97. The van der Waals surface area contributed by atoms with Crippen LogP contribution in [0.25, 0.3) is 0 Å². The molecule has 0 saturated carbocycles. The molecule has 3 heterocycles. The van der Waals surface area contributed by atoms with E-state index in [0.717, 1.165) is 4.68 Å². The number of nitrogens with zero attached hydrogens (tertiary/aromatic N) is 3. The lowest BCUT2D eigenvalue weighted by Gasteiger charge is -2.01. The molecule has 1 amide bonds. The predicted octanol–water partition coefficient (Wildman–Crippen LogP) is 2.43. The van der Waals surface area contributed by atoms with Gasteiger partial charge in [0.05, 0.1) is 17.4 Å². The first-order chi connectivity index (χ1) is 11.0. The number of pyridine rings is 1. The summed E-state index contributed by atoms with van der Waals surface area (Å²) in [5.41, 5.74) is 1.12. The molecule has 0 saturated heterocycles. The fourth-order valence-electron chi connectivity index (χ4n) is 2.16. The maximum atomic E-state index is 12.4. The average molecular weight is 310 g/mol. The smallest absolute Gasteiger partial charge is 0.281 e. The van der Waals surface area contributed by atoms with Gasteiger partial charge >= 0.3 is 0 Å². The third kappa shape index (κ3) is 3.03. The van der Waals surface area contributed by atoms with Crippen molar-refractivity contribution in [1.82, 2.24) is 14.8 Å². The maximum absolute atomic E-state index is 12.4. The lowest BCUT2D eigenvalue weighted by Crippen LogP contribution is -2.16. The Hall–Kier alpha value is -3.22. The minimum absolute atomic E-state index is 0.139. The lowest BCUT2D eigenvalue weighted by atomic mass is 10.2. The zero-order valence-electron chi connectivity index (χ0n) is 12.6. The van der Waals surface area contributed by atoms with Gasteiger partial charge in [-0.05, 0) is 38.1 Å². The Bertz CT molecular complexity index is 865. The molecule has 0 unspecified atom stereocenters. The number of aryl methyl sites for hydroxylation is 2. The average Bonchev–Trinajstić information content (AvgIpc) is 3.14. The highest BCUT2D eigenvalue weighted by molar-refractivity contribution is 6.03. The number of amides is 1. The molecule has 0 spiro atoms. The van der Waals surface area contributed by atoms with Crippen LogP contribution < -0.4 is 5.32 Å². The van der Waals surface area contributed by atoms with Gasteiger partial charge in [-0.15, -0.1) is 0 Å². The molecule has 116 valence electrons. The minimum Gasteiger partial charge on any atom is -0.466 e. The normalized spacial score (nSPS) is 10.5. The quantitative estimate of drug-likeness (QED) is 0.802. The molecule has 0 radical (unpaired) electrons. The molecule has 0 fully saturated rings. The number of furan rings is 1. The molecule has 3 aromatic heterocycles. The Labute approximate surface area is 131 Å². The van der Waals surface area contributed by atoms with Crippen LogP contribution in [-0.4, -0.2) is 26.6 Å².